The van der Waals surface area contributed by atoms with E-state index in [2.05, 4.69) is 16.0 Å². The Morgan fingerprint density at radius 2 is 1.68 bits per heavy atom. The van der Waals surface area contributed by atoms with Crippen LogP contribution in [0, 0.1) is 0 Å². The van der Waals surface area contributed by atoms with Gasteiger partial charge in [0.1, 0.15) is 5.76 Å². The van der Waals surface area contributed by atoms with E-state index in [-0.39, 0.29) is 5.91 Å². The van der Waals surface area contributed by atoms with Gasteiger partial charge in [0, 0.05) is 16.9 Å². The Labute approximate surface area is 151 Å². The Kier molecular flexibility index (Phi) is 5.43. The van der Waals surface area contributed by atoms with Gasteiger partial charge in [0.2, 0.25) is 0 Å². The predicted octanol–water partition coefficient (Wildman–Crippen LogP) is 4.02. The molecule has 0 atom stereocenters. The van der Waals surface area contributed by atoms with E-state index >= 15 is 0 Å². The molecule has 126 valence electrons. The van der Waals surface area contributed by atoms with Crippen LogP contribution in [0.15, 0.2) is 77.4 Å². The number of carbonyl (C=O) groups is 1. The Balaban J connectivity index is 1.58. The average Bonchev–Trinajstić information content (AvgIpc) is 3.14. The molecule has 25 heavy (non-hydrogen) atoms. The topological polar surface area (TPSA) is 66.3 Å². The van der Waals surface area contributed by atoms with Crippen LogP contribution in [0.4, 0.5) is 11.4 Å². The molecular formula is C19H17N3O2S. The number of hydrogen-bond acceptors (Lipinski definition) is 3. The largest absolute Gasteiger partial charge is 0.467 e. The van der Waals surface area contributed by atoms with Crippen molar-refractivity contribution in [3.63, 3.8) is 0 Å². The number of furan rings is 1. The number of para-hydroxylation sites is 1. The van der Waals surface area contributed by atoms with E-state index in [1.807, 2.05) is 42.5 Å². The van der Waals surface area contributed by atoms with E-state index in [4.69, 9.17) is 16.6 Å². The van der Waals surface area contributed by atoms with Crippen molar-refractivity contribution in [1.82, 2.24) is 5.32 Å². The molecule has 3 aromatic rings. The lowest BCUT2D eigenvalue weighted by Gasteiger charge is -2.11. The molecule has 0 fully saturated rings. The van der Waals surface area contributed by atoms with Crippen LogP contribution in [-0.2, 0) is 6.54 Å². The minimum absolute atomic E-state index is 0.179. The maximum Gasteiger partial charge on any atom is 0.251 e. The van der Waals surface area contributed by atoms with Crippen LogP contribution in [0.2, 0.25) is 0 Å². The standard InChI is InChI=1S/C19H17N3O2S/c23-18(20-13-17-10-5-11-24-17)14-6-4-9-16(12-14)22-19(25)21-15-7-2-1-3-8-15/h1-12H,13H2,(H,20,23)(H2,21,22,25). The molecule has 0 saturated heterocycles. The zero-order valence-corrected chi connectivity index (χ0v) is 14.2. The second-order valence-electron chi connectivity index (χ2n) is 5.29. The van der Waals surface area contributed by atoms with Crippen molar-refractivity contribution in [2.45, 2.75) is 6.54 Å². The van der Waals surface area contributed by atoms with E-state index in [1.165, 1.54) is 0 Å². The molecule has 1 amide bonds. The minimum Gasteiger partial charge on any atom is -0.467 e. The lowest BCUT2D eigenvalue weighted by Crippen LogP contribution is -2.23. The summed E-state index contributed by atoms with van der Waals surface area (Å²) < 4.78 is 5.20. The highest BCUT2D eigenvalue weighted by Crippen LogP contribution is 2.12. The number of nitrogens with one attached hydrogen (secondary N) is 3. The van der Waals surface area contributed by atoms with E-state index in [0.717, 1.165) is 11.4 Å². The Bertz CT molecular complexity index is 848. The van der Waals surface area contributed by atoms with Gasteiger partial charge in [-0.1, -0.05) is 24.3 Å². The van der Waals surface area contributed by atoms with Gasteiger partial charge in [0.05, 0.1) is 12.8 Å². The molecule has 0 saturated carbocycles. The maximum absolute atomic E-state index is 12.2. The normalized spacial score (nSPS) is 10.1. The summed E-state index contributed by atoms with van der Waals surface area (Å²) in [5, 5.41) is 9.44. The average molecular weight is 351 g/mol. The van der Waals surface area contributed by atoms with Crippen molar-refractivity contribution in [1.29, 1.82) is 0 Å². The van der Waals surface area contributed by atoms with Crippen molar-refractivity contribution in [2.24, 2.45) is 0 Å². The van der Waals surface area contributed by atoms with Crippen molar-refractivity contribution in [3.8, 4) is 0 Å². The summed E-state index contributed by atoms with van der Waals surface area (Å²) in [6, 6.07) is 20.4. The fourth-order valence-corrected chi connectivity index (χ4v) is 2.47. The number of amides is 1. The smallest absolute Gasteiger partial charge is 0.251 e. The molecule has 0 unspecified atom stereocenters. The molecule has 3 N–H and O–H groups in total. The SMILES string of the molecule is O=C(NCc1ccco1)c1cccc(NC(=S)Nc2ccccc2)c1. The molecule has 0 bridgehead atoms. The van der Waals surface area contributed by atoms with Crippen LogP contribution in [-0.4, -0.2) is 11.0 Å². The van der Waals surface area contributed by atoms with Gasteiger partial charge >= 0.3 is 0 Å². The van der Waals surface area contributed by atoms with Crippen molar-refractivity contribution in [2.75, 3.05) is 10.6 Å². The quantitative estimate of drug-likeness (QED) is 0.606. The predicted molar refractivity (Wildman–Crippen MR) is 103 cm³/mol. The van der Waals surface area contributed by atoms with E-state index in [9.17, 15) is 4.79 Å². The molecule has 0 aliphatic rings. The van der Waals surface area contributed by atoms with Gasteiger partial charge in [-0.05, 0) is 54.7 Å². The van der Waals surface area contributed by atoms with Crippen LogP contribution >= 0.6 is 12.2 Å². The molecule has 3 rings (SSSR count). The zero-order valence-electron chi connectivity index (χ0n) is 13.4. The van der Waals surface area contributed by atoms with Gasteiger partial charge in [-0.25, -0.2) is 0 Å². The van der Waals surface area contributed by atoms with Gasteiger partial charge in [0.25, 0.3) is 5.91 Å². The monoisotopic (exact) mass is 351 g/mol. The van der Waals surface area contributed by atoms with Gasteiger partial charge in [-0.2, -0.15) is 0 Å². The third kappa shape index (κ3) is 4.92. The second-order valence-corrected chi connectivity index (χ2v) is 5.70. The lowest BCUT2D eigenvalue weighted by atomic mass is 10.2. The summed E-state index contributed by atoms with van der Waals surface area (Å²) in [6.07, 6.45) is 1.58. The highest BCUT2D eigenvalue weighted by Gasteiger charge is 2.07. The van der Waals surface area contributed by atoms with Crippen LogP contribution in [0.5, 0.6) is 0 Å². The molecular weight excluding hydrogens is 334 g/mol. The molecule has 1 aromatic heterocycles. The first-order valence-electron chi connectivity index (χ1n) is 7.74. The number of thiocarbonyl (C=S) groups is 1. The summed E-state index contributed by atoms with van der Waals surface area (Å²) in [4.78, 5) is 12.2. The molecule has 0 radical (unpaired) electrons. The van der Waals surface area contributed by atoms with Crippen LogP contribution < -0.4 is 16.0 Å². The van der Waals surface area contributed by atoms with Gasteiger partial charge in [0.15, 0.2) is 5.11 Å². The number of benzene rings is 2. The van der Waals surface area contributed by atoms with Crippen molar-refractivity contribution < 1.29 is 9.21 Å². The molecule has 0 spiro atoms. The van der Waals surface area contributed by atoms with Crippen LogP contribution in [0.25, 0.3) is 0 Å². The Morgan fingerprint density at radius 1 is 0.920 bits per heavy atom. The van der Waals surface area contributed by atoms with E-state index in [1.54, 1.807) is 30.5 Å². The number of anilines is 2. The van der Waals surface area contributed by atoms with E-state index in [0.29, 0.717) is 23.0 Å². The summed E-state index contributed by atoms with van der Waals surface area (Å²) in [5.41, 5.74) is 2.17. The van der Waals surface area contributed by atoms with Crippen molar-refractivity contribution in [3.05, 3.63) is 84.3 Å². The Morgan fingerprint density at radius 3 is 2.44 bits per heavy atom. The first-order valence-corrected chi connectivity index (χ1v) is 8.15. The maximum atomic E-state index is 12.2. The summed E-state index contributed by atoms with van der Waals surface area (Å²) in [7, 11) is 0. The fraction of sp³-hybridized carbons (Fsp3) is 0.0526. The summed E-state index contributed by atoms with van der Waals surface area (Å²) in [5.74, 6) is 0.526. The summed E-state index contributed by atoms with van der Waals surface area (Å²) in [6.45, 7) is 0.345. The number of hydrogen-bond donors (Lipinski definition) is 3. The fourth-order valence-electron chi connectivity index (χ4n) is 2.24. The number of rotatable bonds is 5. The van der Waals surface area contributed by atoms with Crippen LogP contribution in [0.1, 0.15) is 16.1 Å². The Hall–Kier alpha value is -3.12. The summed E-state index contributed by atoms with van der Waals surface area (Å²) >= 11 is 5.30. The molecule has 6 heteroatoms. The second kappa shape index (κ2) is 8.12. The molecule has 0 aliphatic carbocycles. The highest BCUT2D eigenvalue weighted by molar-refractivity contribution is 7.80. The van der Waals surface area contributed by atoms with E-state index < -0.39 is 0 Å². The third-order valence-corrected chi connectivity index (χ3v) is 3.62. The molecule has 5 nitrogen and oxygen atoms in total. The van der Waals surface area contributed by atoms with Gasteiger partial charge in [-0.3, -0.25) is 4.79 Å². The minimum atomic E-state index is -0.179. The molecule has 2 aromatic carbocycles. The number of carbonyl (C=O) groups excluding carboxylic acids is 1. The van der Waals surface area contributed by atoms with Gasteiger partial charge in [-0.15, -0.1) is 0 Å². The van der Waals surface area contributed by atoms with Crippen LogP contribution in [0.3, 0.4) is 0 Å². The zero-order chi connectivity index (χ0) is 17.5. The highest BCUT2D eigenvalue weighted by atomic mass is 32.1. The first-order chi connectivity index (χ1) is 12.2. The lowest BCUT2D eigenvalue weighted by molar-refractivity contribution is 0.0948. The third-order valence-electron chi connectivity index (χ3n) is 3.42. The molecule has 1 heterocycles. The van der Waals surface area contributed by atoms with Crippen molar-refractivity contribution >= 4 is 34.6 Å². The molecule has 0 aliphatic heterocycles. The first kappa shape index (κ1) is 16.7. The van der Waals surface area contributed by atoms with Gasteiger partial charge < -0.3 is 20.4 Å².